The average molecular weight is 259 g/mol. The van der Waals surface area contributed by atoms with Crippen molar-refractivity contribution in [1.29, 1.82) is 0 Å². The van der Waals surface area contributed by atoms with E-state index in [1.54, 1.807) is 6.07 Å². The van der Waals surface area contributed by atoms with Crippen LogP contribution < -0.4 is 0 Å². The number of rotatable bonds is 5. The van der Waals surface area contributed by atoms with E-state index in [1.807, 2.05) is 12.1 Å². The van der Waals surface area contributed by atoms with Crippen LogP contribution in [0.1, 0.15) is 32.3 Å². The lowest BCUT2D eigenvalue weighted by atomic mass is 10.0. The monoisotopic (exact) mass is 258 g/mol. The second-order valence-corrected chi connectivity index (χ2v) is 5.15. The summed E-state index contributed by atoms with van der Waals surface area (Å²) < 4.78 is 0. The summed E-state index contributed by atoms with van der Waals surface area (Å²) in [5.41, 5.74) is 0.822. The molecule has 0 bridgehead atoms. The van der Waals surface area contributed by atoms with E-state index in [-0.39, 0.29) is 5.78 Å². The average Bonchev–Trinajstić information content (AvgIpc) is 2.22. The number of Topliss-reactive ketones (excluding diaryl/α,β-unsaturated/α-hetero) is 1. The number of carbonyl (C=O) groups excluding carboxylic acids is 1. The van der Waals surface area contributed by atoms with Crippen LogP contribution in [0, 0.1) is 5.92 Å². The highest BCUT2D eigenvalue weighted by Crippen LogP contribution is 2.26. The van der Waals surface area contributed by atoms with Crippen LogP contribution in [-0.2, 0) is 11.2 Å². The van der Waals surface area contributed by atoms with Gasteiger partial charge in [-0.3, -0.25) is 4.79 Å². The van der Waals surface area contributed by atoms with Gasteiger partial charge >= 0.3 is 0 Å². The van der Waals surface area contributed by atoms with Gasteiger partial charge < -0.3 is 0 Å². The molecule has 0 unspecified atom stereocenters. The minimum Gasteiger partial charge on any atom is -0.299 e. The first kappa shape index (κ1) is 13.5. The zero-order chi connectivity index (χ0) is 12.1. The summed E-state index contributed by atoms with van der Waals surface area (Å²) in [6.45, 7) is 4.22. The van der Waals surface area contributed by atoms with Crippen LogP contribution >= 0.6 is 23.2 Å². The van der Waals surface area contributed by atoms with Gasteiger partial charge in [0.15, 0.2) is 0 Å². The lowest BCUT2D eigenvalue weighted by Crippen LogP contribution is -2.04. The summed E-state index contributed by atoms with van der Waals surface area (Å²) in [5.74, 6) is 0.775. The molecule has 0 aliphatic rings. The molecule has 0 aromatic heterocycles. The van der Waals surface area contributed by atoms with Crippen LogP contribution in [0.5, 0.6) is 0 Å². The second-order valence-electron chi connectivity index (χ2n) is 4.36. The van der Waals surface area contributed by atoms with Gasteiger partial charge in [-0.05, 0) is 24.0 Å². The molecule has 0 fully saturated rings. The Morgan fingerprint density at radius 3 is 2.62 bits per heavy atom. The Labute approximate surface area is 107 Å². The SMILES string of the molecule is CC(C)CCC(=O)Cc1cccc(Cl)c1Cl. The molecule has 0 amide bonds. The largest absolute Gasteiger partial charge is 0.299 e. The lowest BCUT2D eigenvalue weighted by Gasteiger charge is -2.06. The molecule has 0 atom stereocenters. The third-order valence-corrected chi connectivity index (χ3v) is 3.28. The molecule has 16 heavy (non-hydrogen) atoms. The fourth-order valence-electron chi connectivity index (χ4n) is 1.44. The van der Waals surface area contributed by atoms with E-state index in [9.17, 15) is 4.79 Å². The zero-order valence-electron chi connectivity index (χ0n) is 9.59. The third-order valence-electron chi connectivity index (χ3n) is 2.42. The summed E-state index contributed by atoms with van der Waals surface area (Å²) in [7, 11) is 0. The highest BCUT2D eigenvalue weighted by Gasteiger charge is 2.09. The first-order chi connectivity index (χ1) is 7.50. The van der Waals surface area contributed by atoms with E-state index < -0.39 is 0 Å². The Morgan fingerprint density at radius 1 is 1.31 bits per heavy atom. The van der Waals surface area contributed by atoms with E-state index in [0.29, 0.717) is 28.8 Å². The van der Waals surface area contributed by atoms with E-state index in [0.717, 1.165) is 12.0 Å². The van der Waals surface area contributed by atoms with Crippen molar-refractivity contribution >= 4 is 29.0 Å². The van der Waals surface area contributed by atoms with E-state index in [4.69, 9.17) is 23.2 Å². The van der Waals surface area contributed by atoms with E-state index in [2.05, 4.69) is 13.8 Å². The molecule has 0 N–H and O–H groups in total. The Bertz CT molecular complexity index is 372. The molecular weight excluding hydrogens is 243 g/mol. The molecule has 1 aromatic carbocycles. The van der Waals surface area contributed by atoms with E-state index in [1.165, 1.54) is 0 Å². The first-order valence-corrected chi connectivity index (χ1v) is 6.21. The molecule has 0 radical (unpaired) electrons. The summed E-state index contributed by atoms with van der Waals surface area (Å²) in [6.07, 6.45) is 1.92. The Balaban J connectivity index is 2.59. The predicted octanol–water partition coefficient (Wildman–Crippen LogP) is 4.54. The highest BCUT2D eigenvalue weighted by atomic mass is 35.5. The summed E-state index contributed by atoms with van der Waals surface area (Å²) >= 11 is 11.9. The number of halogens is 2. The van der Waals surface area contributed by atoms with Crippen molar-refractivity contribution in [2.45, 2.75) is 33.1 Å². The summed E-state index contributed by atoms with van der Waals surface area (Å²) in [6, 6.07) is 5.40. The van der Waals surface area contributed by atoms with E-state index >= 15 is 0 Å². The molecule has 0 aliphatic heterocycles. The van der Waals surface area contributed by atoms with Crippen molar-refractivity contribution in [3.05, 3.63) is 33.8 Å². The number of hydrogen-bond donors (Lipinski definition) is 0. The van der Waals surface area contributed by atoms with Crippen LogP contribution in [0.25, 0.3) is 0 Å². The minimum atomic E-state index is 0.220. The molecule has 88 valence electrons. The van der Waals surface area contributed by atoms with Crippen LogP contribution in [0.15, 0.2) is 18.2 Å². The lowest BCUT2D eigenvalue weighted by molar-refractivity contribution is -0.118. The Morgan fingerprint density at radius 2 is 2.00 bits per heavy atom. The van der Waals surface area contributed by atoms with Crippen LogP contribution in [0.3, 0.4) is 0 Å². The number of hydrogen-bond acceptors (Lipinski definition) is 1. The zero-order valence-corrected chi connectivity index (χ0v) is 11.1. The molecular formula is C13H16Cl2O. The molecule has 0 saturated heterocycles. The van der Waals surface area contributed by atoms with Gasteiger partial charge in [0.2, 0.25) is 0 Å². The fourth-order valence-corrected chi connectivity index (χ4v) is 1.82. The van der Waals surface area contributed by atoms with Gasteiger partial charge in [-0.2, -0.15) is 0 Å². The van der Waals surface area contributed by atoms with Crippen LogP contribution in [0.4, 0.5) is 0 Å². The van der Waals surface area contributed by atoms with Gasteiger partial charge in [-0.25, -0.2) is 0 Å². The third kappa shape index (κ3) is 4.15. The summed E-state index contributed by atoms with van der Waals surface area (Å²) in [5, 5.41) is 1.01. The smallest absolute Gasteiger partial charge is 0.137 e. The quantitative estimate of drug-likeness (QED) is 0.758. The van der Waals surface area contributed by atoms with Crippen molar-refractivity contribution in [1.82, 2.24) is 0 Å². The molecule has 0 aliphatic carbocycles. The van der Waals surface area contributed by atoms with Gasteiger partial charge in [0.25, 0.3) is 0 Å². The standard InChI is InChI=1S/C13H16Cl2O/c1-9(2)6-7-11(16)8-10-4-3-5-12(14)13(10)15/h3-5,9H,6-8H2,1-2H3. The maximum Gasteiger partial charge on any atom is 0.137 e. The normalized spacial score (nSPS) is 10.8. The Hall–Kier alpha value is -0.530. The first-order valence-electron chi connectivity index (χ1n) is 5.45. The molecule has 1 rings (SSSR count). The van der Waals surface area contributed by atoms with Crippen LogP contribution in [0.2, 0.25) is 10.0 Å². The van der Waals surface area contributed by atoms with Crippen molar-refractivity contribution < 1.29 is 4.79 Å². The maximum absolute atomic E-state index is 11.7. The van der Waals surface area contributed by atoms with Crippen molar-refractivity contribution in [2.75, 3.05) is 0 Å². The topological polar surface area (TPSA) is 17.1 Å². The van der Waals surface area contributed by atoms with Crippen LogP contribution in [-0.4, -0.2) is 5.78 Å². The fraction of sp³-hybridized carbons (Fsp3) is 0.462. The second kappa shape index (κ2) is 6.27. The molecule has 3 heteroatoms. The number of ketones is 1. The van der Waals surface area contributed by atoms with Crippen molar-refractivity contribution in [3.63, 3.8) is 0 Å². The van der Waals surface area contributed by atoms with Crippen molar-refractivity contribution in [2.24, 2.45) is 5.92 Å². The minimum absolute atomic E-state index is 0.220. The predicted molar refractivity (Wildman–Crippen MR) is 69.2 cm³/mol. The van der Waals surface area contributed by atoms with Gasteiger partial charge in [0.1, 0.15) is 5.78 Å². The molecule has 0 spiro atoms. The number of carbonyl (C=O) groups is 1. The van der Waals surface area contributed by atoms with Gasteiger partial charge in [0, 0.05) is 12.8 Å². The molecule has 1 nitrogen and oxygen atoms in total. The number of benzene rings is 1. The Kier molecular flexibility index (Phi) is 5.30. The van der Waals surface area contributed by atoms with Gasteiger partial charge in [0.05, 0.1) is 10.0 Å². The van der Waals surface area contributed by atoms with Gasteiger partial charge in [-0.1, -0.05) is 49.2 Å². The maximum atomic E-state index is 11.7. The molecule has 0 saturated carbocycles. The van der Waals surface area contributed by atoms with Crippen molar-refractivity contribution in [3.8, 4) is 0 Å². The molecule has 0 heterocycles. The highest BCUT2D eigenvalue weighted by molar-refractivity contribution is 6.42. The van der Waals surface area contributed by atoms with Gasteiger partial charge in [-0.15, -0.1) is 0 Å². The summed E-state index contributed by atoms with van der Waals surface area (Å²) in [4.78, 5) is 11.7. The molecule has 1 aromatic rings.